The molecule has 0 aliphatic rings. The minimum absolute atomic E-state index is 0.0676. The van der Waals surface area contributed by atoms with Gasteiger partial charge in [-0.15, -0.1) is 5.10 Å². The van der Waals surface area contributed by atoms with Gasteiger partial charge >= 0.3 is 0 Å². The second-order valence-electron chi connectivity index (χ2n) is 5.66. The number of hydrogen-bond acceptors (Lipinski definition) is 5. The zero-order chi connectivity index (χ0) is 18.9. The van der Waals surface area contributed by atoms with Crippen LogP contribution < -0.4 is 10.1 Å². The van der Waals surface area contributed by atoms with Crippen LogP contribution in [-0.2, 0) is 11.3 Å². The smallest absolute Gasteiger partial charge is 0.230 e. The van der Waals surface area contributed by atoms with Gasteiger partial charge in [0.05, 0.1) is 12.9 Å². The molecule has 3 aromatic rings. The van der Waals surface area contributed by atoms with Gasteiger partial charge in [0, 0.05) is 6.54 Å². The third kappa shape index (κ3) is 6.00. The minimum Gasteiger partial charge on any atom is -0.497 e. The average Bonchev–Trinajstić information content (AvgIpc) is 3.18. The van der Waals surface area contributed by atoms with Crippen molar-refractivity contribution in [3.8, 4) is 5.75 Å². The van der Waals surface area contributed by atoms with E-state index in [9.17, 15) is 4.79 Å². The summed E-state index contributed by atoms with van der Waals surface area (Å²) in [7, 11) is 1.62. The molecule has 7 heteroatoms. The van der Waals surface area contributed by atoms with Crippen molar-refractivity contribution in [2.75, 3.05) is 12.9 Å². The van der Waals surface area contributed by atoms with E-state index in [-0.39, 0.29) is 11.7 Å². The highest BCUT2D eigenvalue weighted by atomic mass is 32.2. The number of amides is 1. The SMILES string of the molecule is COc1ccc(CNC(=O)CSc2n[nH]c(/C=C/c3ccccc3)n2)cc1. The lowest BCUT2D eigenvalue weighted by Crippen LogP contribution is -2.24. The van der Waals surface area contributed by atoms with E-state index in [4.69, 9.17) is 4.74 Å². The van der Waals surface area contributed by atoms with E-state index in [1.165, 1.54) is 11.8 Å². The van der Waals surface area contributed by atoms with Crippen molar-refractivity contribution in [1.82, 2.24) is 20.5 Å². The number of aromatic amines is 1. The number of H-pyrrole nitrogens is 1. The van der Waals surface area contributed by atoms with Crippen LogP contribution in [0, 0.1) is 0 Å². The predicted molar refractivity (Wildman–Crippen MR) is 107 cm³/mol. The Morgan fingerprint density at radius 1 is 1.15 bits per heavy atom. The lowest BCUT2D eigenvalue weighted by molar-refractivity contribution is -0.118. The number of hydrogen-bond donors (Lipinski definition) is 2. The van der Waals surface area contributed by atoms with E-state index in [1.807, 2.05) is 66.7 Å². The van der Waals surface area contributed by atoms with Crippen molar-refractivity contribution in [3.63, 3.8) is 0 Å². The summed E-state index contributed by atoms with van der Waals surface area (Å²) in [4.78, 5) is 16.3. The Bertz CT molecular complexity index is 892. The number of carbonyl (C=O) groups is 1. The van der Waals surface area contributed by atoms with Crippen LogP contribution in [0.2, 0.25) is 0 Å². The maximum absolute atomic E-state index is 12.0. The molecule has 0 radical (unpaired) electrons. The van der Waals surface area contributed by atoms with Gasteiger partial charge in [-0.1, -0.05) is 60.3 Å². The van der Waals surface area contributed by atoms with Gasteiger partial charge in [-0.25, -0.2) is 4.98 Å². The fourth-order valence-electron chi connectivity index (χ4n) is 2.26. The second kappa shape index (κ2) is 9.59. The molecule has 0 fully saturated rings. The third-order valence-electron chi connectivity index (χ3n) is 3.70. The van der Waals surface area contributed by atoms with E-state index < -0.39 is 0 Å². The Morgan fingerprint density at radius 2 is 1.93 bits per heavy atom. The number of methoxy groups -OCH3 is 1. The maximum Gasteiger partial charge on any atom is 0.230 e. The first-order chi connectivity index (χ1) is 13.2. The number of rotatable bonds is 8. The molecule has 0 aliphatic carbocycles. The number of carbonyl (C=O) groups excluding carboxylic acids is 1. The van der Waals surface area contributed by atoms with Gasteiger partial charge in [-0.2, -0.15) is 0 Å². The van der Waals surface area contributed by atoms with Crippen LogP contribution in [0.1, 0.15) is 17.0 Å². The molecule has 6 nitrogen and oxygen atoms in total. The van der Waals surface area contributed by atoms with Crippen molar-refractivity contribution in [2.24, 2.45) is 0 Å². The Kier molecular flexibility index (Phi) is 6.65. The molecule has 2 N–H and O–H groups in total. The zero-order valence-electron chi connectivity index (χ0n) is 14.9. The minimum atomic E-state index is -0.0676. The molecule has 27 heavy (non-hydrogen) atoms. The van der Waals surface area contributed by atoms with E-state index >= 15 is 0 Å². The van der Waals surface area contributed by atoms with Gasteiger partial charge in [0.15, 0.2) is 0 Å². The van der Waals surface area contributed by atoms with Gasteiger partial charge in [-0.3, -0.25) is 9.89 Å². The molecular formula is C20H20N4O2S. The first-order valence-corrected chi connectivity index (χ1v) is 9.39. The van der Waals surface area contributed by atoms with Crippen molar-refractivity contribution in [3.05, 3.63) is 71.5 Å². The zero-order valence-corrected chi connectivity index (χ0v) is 15.7. The van der Waals surface area contributed by atoms with Crippen molar-refractivity contribution in [2.45, 2.75) is 11.7 Å². The molecular weight excluding hydrogens is 360 g/mol. The van der Waals surface area contributed by atoms with Gasteiger partial charge in [0.2, 0.25) is 11.1 Å². The first-order valence-electron chi connectivity index (χ1n) is 8.41. The summed E-state index contributed by atoms with van der Waals surface area (Å²) in [6, 6.07) is 17.5. The Balaban J connectivity index is 1.43. The molecule has 0 bridgehead atoms. The number of benzene rings is 2. The van der Waals surface area contributed by atoms with Crippen molar-refractivity contribution < 1.29 is 9.53 Å². The third-order valence-corrected chi connectivity index (χ3v) is 4.54. The molecule has 0 saturated heterocycles. The Labute approximate surface area is 162 Å². The molecule has 0 unspecified atom stereocenters. The maximum atomic E-state index is 12.0. The molecule has 138 valence electrons. The average molecular weight is 380 g/mol. The normalized spacial score (nSPS) is 10.9. The summed E-state index contributed by atoms with van der Waals surface area (Å²) >= 11 is 1.29. The van der Waals surface area contributed by atoms with Crippen LogP contribution in [0.25, 0.3) is 12.2 Å². The lowest BCUT2D eigenvalue weighted by atomic mass is 10.2. The number of aromatic nitrogens is 3. The number of ether oxygens (including phenoxy) is 1. The molecule has 2 aromatic carbocycles. The number of thioether (sulfide) groups is 1. The van der Waals surface area contributed by atoms with Gasteiger partial charge in [0.1, 0.15) is 11.6 Å². The molecule has 0 saturated carbocycles. The monoisotopic (exact) mass is 380 g/mol. The molecule has 1 heterocycles. The largest absolute Gasteiger partial charge is 0.497 e. The quantitative estimate of drug-likeness (QED) is 0.586. The predicted octanol–water partition coefficient (Wildman–Crippen LogP) is 3.39. The number of nitrogens with zero attached hydrogens (tertiary/aromatic N) is 2. The van der Waals surface area contributed by atoms with Crippen molar-refractivity contribution in [1.29, 1.82) is 0 Å². The fraction of sp³-hybridized carbons (Fsp3) is 0.150. The van der Waals surface area contributed by atoms with E-state index in [1.54, 1.807) is 7.11 Å². The van der Waals surface area contributed by atoms with Crippen molar-refractivity contribution >= 4 is 29.8 Å². The van der Waals surface area contributed by atoms with Crippen LogP contribution in [0.3, 0.4) is 0 Å². The summed E-state index contributed by atoms with van der Waals surface area (Å²) in [5.41, 5.74) is 2.10. The highest BCUT2D eigenvalue weighted by Gasteiger charge is 2.07. The second-order valence-corrected chi connectivity index (χ2v) is 6.60. The van der Waals surface area contributed by atoms with Crippen LogP contribution in [0.15, 0.2) is 59.8 Å². The topological polar surface area (TPSA) is 79.9 Å². The van der Waals surface area contributed by atoms with Crippen LogP contribution in [0.4, 0.5) is 0 Å². The highest BCUT2D eigenvalue weighted by Crippen LogP contribution is 2.14. The molecule has 3 rings (SSSR count). The number of nitrogens with one attached hydrogen (secondary N) is 2. The molecule has 0 aliphatic heterocycles. The van der Waals surface area contributed by atoms with Crippen LogP contribution in [-0.4, -0.2) is 34.0 Å². The van der Waals surface area contributed by atoms with E-state index in [2.05, 4.69) is 20.5 Å². The summed E-state index contributed by atoms with van der Waals surface area (Å²) in [6.45, 7) is 0.475. The fourth-order valence-corrected chi connectivity index (χ4v) is 2.90. The highest BCUT2D eigenvalue weighted by molar-refractivity contribution is 7.99. The summed E-state index contributed by atoms with van der Waals surface area (Å²) < 4.78 is 5.11. The van der Waals surface area contributed by atoms with Crippen LogP contribution in [0.5, 0.6) is 5.75 Å². The molecule has 0 atom stereocenters. The van der Waals surface area contributed by atoms with Crippen LogP contribution >= 0.6 is 11.8 Å². The molecule has 1 aromatic heterocycles. The standard InChI is InChI=1S/C20H20N4O2S/c1-26-17-10-7-16(8-11-17)13-21-19(25)14-27-20-22-18(23-24-20)12-9-15-5-3-2-4-6-15/h2-12H,13-14H2,1H3,(H,21,25)(H,22,23,24)/b12-9+. The molecule has 1 amide bonds. The van der Waals surface area contributed by atoms with E-state index in [0.717, 1.165) is 16.9 Å². The Hall–Kier alpha value is -3.06. The van der Waals surface area contributed by atoms with E-state index in [0.29, 0.717) is 17.5 Å². The van der Waals surface area contributed by atoms with Gasteiger partial charge < -0.3 is 10.1 Å². The Morgan fingerprint density at radius 3 is 2.67 bits per heavy atom. The first kappa shape index (κ1) is 18.7. The summed E-state index contributed by atoms with van der Waals surface area (Å²) in [5.74, 6) is 1.64. The summed E-state index contributed by atoms with van der Waals surface area (Å²) in [6.07, 6.45) is 3.81. The summed E-state index contributed by atoms with van der Waals surface area (Å²) in [5, 5.41) is 10.4. The van der Waals surface area contributed by atoms with Gasteiger partial charge in [-0.05, 0) is 29.3 Å². The molecule has 0 spiro atoms. The lowest BCUT2D eigenvalue weighted by Gasteiger charge is -2.05. The van der Waals surface area contributed by atoms with Gasteiger partial charge in [0.25, 0.3) is 0 Å².